The Morgan fingerprint density at radius 3 is 2.81 bits per heavy atom. The van der Waals surface area contributed by atoms with Crippen LogP contribution in [0.25, 0.3) is 0 Å². The normalized spacial score (nSPS) is 22.0. The fraction of sp³-hybridized carbons (Fsp3) is 0.909. The van der Waals surface area contributed by atoms with Crippen LogP contribution < -0.4 is 0 Å². The van der Waals surface area contributed by atoms with Crippen molar-refractivity contribution in [2.45, 2.75) is 38.8 Å². The fourth-order valence-corrected chi connectivity index (χ4v) is 1.60. The number of rotatable bonds is 2. The van der Waals surface area contributed by atoms with Crippen LogP contribution in [0, 0.1) is 0 Å². The molecule has 0 aliphatic carbocycles. The minimum Gasteiger partial charge on any atom is -0.444 e. The third kappa shape index (κ3) is 3.98. The van der Waals surface area contributed by atoms with Crippen molar-refractivity contribution in [1.29, 1.82) is 0 Å². The predicted molar refractivity (Wildman–Crippen MR) is 59.2 cm³/mol. The summed E-state index contributed by atoms with van der Waals surface area (Å²) < 4.78 is 10.6. The average Bonchev–Trinajstić information content (AvgIpc) is 2.16. The van der Waals surface area contributed by atoms with Crippen LogP contribution in [0.2, 0.25) is 0 Å². The predicted octanol–water partition coefficient (Wildman–Crippen LogP) is 1.00. The van der Waals surface area contributed by atoms with Gasteiger partial charge in [-0.2, -0.15) is 0 Å². The zero-order valence-electron chi connectivity index (χ0n) is 10.2. The van der Waals surface area contributed by atoms with Gasteiger partial charge < -0.3 is 19.5 Å². The molecular weight excluding hydrogens is 210 g/mol. The lowest BCUT2D eigenvalue weighted by Crippen LogP contribution is -2.50. The van der Waals surface area contributed by atoms with Crippen LogP contribution in [0.3, 0.4) is 0 Å². The van der Waals surface area contributed by atoms with Crippen molar-refractivity contribution in [3.63, 3.8) is 0 Å². The van der Waals surface area contributed by atoms with E-state index < -0.39 is 5.60 Å². The van der Waals surface area contributed by atoms with Gasteiger partial charge in [-0.3, -0.25) is 0 Å². The first kappa shape index (κ1) is 13.3. The van der Waals surface area contributed by atoms with Gasteiger partial charge in [-0.15, -0.1) is 0 Å². The highest BCUT2D eigenvalue weighted by atomic mass is 16.6. The standard InChI is InChI=1S/C11H21NO4/c1-11(2,3)16-10(14)12-5-7-15-8-9(12)4-6-13/h9,13H,4-8H2,1-3H3/t9-/m0/s1. The molecule has 0 aromatic heterocycles. The van der Waals surface area contributed by atoms with Gasteiger partial charge in [-0.05, 0) is 27.2 Å². The Morgan fingerprint density at radius 1 is 1.56 bits per heavy atom. The zero-order chi connectivity index (χ0) is 12.2. The molecule has 1 fully saturated rings. The van der Waals surface area contributed by atoms with Crippen molar-refractivity contribution < 1.29 is 19.4 Å². The summed E-state index contributed by atoms with van der Waals surface area (Å²) in [5.41, 5.74) is -0.487. The topological polar surface area (TPSA) is 59.0 Å². The third-order valence-corrected chi connectivity index (χ3v) is 2.32. The van der Waals surface area contributed by atoms with E-state index >= 15 is 0 Å². The minimum atomic E-state index is -0.487. The van der Waals surface area contributed by atoms with Crippen molar-refractivity contribution in [3.8, 4) is 0 Å². The van der Waals surface area contributed by atoms with Gasteiger partial charge in [-0.25, -0.2) is 4.79 Å². The number of aliphatic hydroxyl groups is 1. The van der Waals surface area contributed by atoms with Gasteiger partial charge >= 0.3 is 6.09 Å². The molecule has 5 heteroatoms. The zero-order valence-corrected chi connectivity index (χ0v) is 10.2. The second kappa shape index (κ2) is 5.50. The molecule has 16 heavy (non-hydrogen) atoms. The maximum absolute atomic E-state index is 11.9. The highest BCUT2D eigenvalue weighted by Crippen LogP contribution is 2.16. The van der Waals surface area contributed by atoms with Gasteiger partial charge in [0.25, 0.3) is 0 Å². The molecule has 0 aromatic rings. The Labute approximate surface area is 96.3 Å². The van der Waals surface area contributed by atoms with Gasteiger partial charge in [0.05, 0.1) is 19.3 Å². The Balaban J connectivity index is 2.57. The lowest BCUT2D eigenvalue weighted by Gasteiger charge is -2.36. The van der Waals surface area contributed by atoms with Gasteiger partial charge in [0.1, 0.15) is 5.60 Å². The van der Waals surface area contributed by atoms with Gasteiger partial charge in [0.15, 0.2) is 0 Å². The maximum atomic E-state index is 11.9. The molecule has 94 valence electrons. The highest BCUT2D eigenvalue weighted by molar-refractivity contribution is 5.68. The number of hydrogen-bond acceptors (Lipinski definition) is 4. The molecule has 1 aliphatic heterocycles. The average molecular weight is 231 g/mol. The largest absolute Gasteiger partial charge is 0.444 e. The summed E-state index contributed by atoms with van der Waals surface area (Å²) >= 11 is 0. The number of ether oxygens (including phenoxy) is 2. The van der Waals surface area contributed by atoms with E-state index in [0.29, 0.717) is 26.2 Å². The van der Waals surface area contributed by atoms with E-state index in [4.69, 9.17) is 14.6 Å². The molecule has 1 heterocycles. The molecular formula is C11H21NO4. The number of nitrogens with zero attached hydrogens (tertiary/aromatic N) is 1. The third-order valence-electron chi connectivity index (χ3n) is 2.32. The molecule has 0 saturated carbocycles. The summed E-state index contributed by atoms with van der Waals surface area (Å²) in [6.45, 7) is 7.10. The molecule has 0 radical (unpaired) electrons. The van der Waals surface area contributed by atoms with Crippen LogP contribution in [-0.2, 0) is 9.47 Å². The van der Waals surface area contributed by atoms with Crippen LogP contribution in [0.5, 0.6) is 0 Å². The molecule has 0 aromatic carbocycles. The first-order valence-electron chi connectivity index (χ1n) is 5.62. The van der Waals surface area contributed by atoms with Crippen LogP contribution in [0.1, 0.15) is 27.2 Å². The number of aliphatic hydroxyl groups excluding tert-OH is 1. The van der Waals surface area contributed by atoms with Crippen molar-refractivity contribution >= 4 is 6.09 Å². The van der Waals surface area contributed by atoms with Crippen molar-refractivity contribution in [2.75, 3.05) is 26.4 Å². The fourth-order valence-electron chi connectivity index (χ4n) is 1.60. The summed E-state index contributed by atoms with van der Waals surface area (Å²) in [6, 6.07) is -0.0754. The quantitative estimate of drug-likeness (QED) is 0.770. The van der Waals surface area contributed by atoms with E-state index in [-0.39, 0.29) is 18.7 Å². The van der Waals surface area contributed by atoms with E-state index in [1.165, 1.54) is 0 Å². The van der Waals surface area contributed by atoms with Gasteiger partial charge in [0.2, 0.25) is 0 Å². The van der Waals surface area contributed by atoms with E-state index in [1.807, 2.05) is 20.8 Å². The molecule has 0 spiro atoms. The molecule has 0 bridgehead atoms. The molecule has 1 N–H and O–H groups in total. The summed E-state index contributed by atoms with van der Waals surface area (Å²) in [6.07, 6.45) is 0.202. The summed E-state index contributed by atoms with van der Waals surface area (Å²) in [4.78, 5) is 13.5. The Hall–Kier alpha value is -0.810. The molecule has 1 amide bonds. The minimum absolute atomic E-state index is 0.0489. The molecule has 1 rings (SSSR count). The van der Waals surface area contributed by atoms with Crippen LogP contribution in [0.15, 0.2) is 0 Å². The molecule has 1 aliphatic rings. The smallest absolute Gasteiger partial charge is 0.410 e. The number of morpholine rings is 1. The number of amides is 1. The van der Waals surface area contributed by atoms with Crippen LogP contribution in [-0.4, -0.2) is 54.1 Å². The van der Waals surface area contributed by atoms with Crippen molar-refractivity contribution in [3.05, 3.63) is 0 Å². The van der Waals surface area contributed by atoms with Crippen LogP contribution in [0.4, 0.5) is 4.79 Å². The number of hydrogen-bond donors (Lipinski definition) is 1. The monoisotopic (exact) mass is 231 g/mol. The van der Waals surface area contributed by atoms with E-state index in [1.54, 1.807) is 4.90 Å². The summed E-state index contributed by atoms with van der Waals surface area (Å²) in [5, 5.41) is 8.92. The van der Waals surface area contributed by atoms with Crippen molar-refractivity contribution in [2.24, 2.45) is 0 Å². The van der Waals surface area contributed by atoms with E-state index in [9.17, 15) is 4.79 Å². The summed E-state index contributed by atoms with van der Waals surface area (Å²) in [5.74, 6) is 0. The number of carbonyl (C=O) groups is 1. The molecule has 5 nitrogen and oxygen atoms in total. The van der Waals surface area contributed by atoms with Gasteiger partial charge in [0, 0.05) is 13.2 Å². The second-order valence-electron chi connectivity index (χ2n) is 4.91. The Kier molecular flexibility index (Phi) is 4.56. The Morgan fingerprint density at radius 2 is 2.25 bits per heavy atom. The second-order valence-corrected chi connectivity index (χ2v) is 4.91. The SMILES string of the molecule is CC(C)(C)OC(=O)N1CCOC[C@@H]1CCO. The molecule has 1 atom stereocenters. The molecule has 1 saturated heterocycles. The van der Waals surface area contributed by atoms with E-state index in [0.717, 1.165) is 0 Å². The number of carbonyl (C=O) groups excluding carboxylic acids is 1. The maximum Gasteiger partial charge on any atom is 0.410 e. The lowest BCUT2D eigenvalue weighted by molar-refractivity contribution is -0.0367. The highest BCUT2D eigenvalue weighted by Gasteiger charge is 2.30. The molecule has 0 unspecified atom stereocenters. The Bertz CT molecular complexity index is 235. The van der Waals surface area contributed by atoms with Crippen LogP contribution >= 0.6 is 0 Å². The first-order chi connectivity index (χ1) is 7.44. The van der Waals surface area contributed by atoms with E-state index in [2.05, 4.69) is 0 Å². The first-order valence-corrected chi connectivity index (χ1v) is 5.62. The summed E-state index contributed by atoms with van der Waals surface area (Å²) in [7, 11) is 0. The lowest BCUT2D eigenvalue weighted by atomic mass is 10.1. The van der Waals surface area contributed by atoms with Gasteiger partial charge in [-0.1, -0.05) is 0 Å². The van der Waals surface area contributed by atoms with Crippen molar-refractivity contribution in [1.82, 2.24) is 4.90 Å².